The predicted octanol–water partition coefficient (Wildman–Crippen LogP) is 2.84. The predicted molar refractivity (Wildman–Crippen MR) is 74.5 cm³/mol. The number of ether oxygens (including phenoxy) is 1. The Bertz CT molecular complexity index is 533. The highest BCUT2D eigenvalue weighted by Crippen LogP contribution is 2.25. The van der Waals surface area contributed by atoms with Crippen LogP contribution in [0, 0.1) is 21.4 Å². The standard InChI is InChI=1S/C14H17N3O3/c1-2-12(14-4-3-7-20-14)16-13-6-5-11(17(18)19)8-10(13)9-15/h5-6,8,12,14,16H,2-4,7H2,1H3. The summed E-state index contributed by atoms with van der Waals surface area (Å²) in [5.74, 6) is 0. The fourth-order valence-electron chi connectivity index (χ4n) is 2.44. The van der Waals surface area contributed by atoms with Gasteiger partial charge < -0.3 is 10.1 Å². The first-order chi connectivity index (χ1) is 9.65. The number of rotatable bonds is 5. The molecule has 106 valence electrons. The molecule has 0 radical (unpaired) electrons. The van der Waals surface area contributed by atoms with Gasteiger partial charge in [-0.2, -0.15) is 5.26 Å². The van der Waals surface area contributed by atoms with Gasteiger partial charge in [0.25, 0.3) is 5.69 Å². The van der Waals surface area contributed by atoms with Crippen molar-refractivity contribution in [2.75, 3.05) is 11.9 Å². The molecule has 0 saturated carbocycles. The number of anilines is 1. The van der Waals surface area contributed by atoms with E-state index in [4.69, 9.17) is 10.00 Å². The Balaban J connectivity index is 2.19. The van der Waals surface area contributed by atoms with E-state index in [0.717, 1.165) is 25.9 Å². The van der Waals surface area contributed by atoms with Crippen molar-refractivity contribution in [3.05, 3.63) is 33.9 Å². The Hall–Kier alpha value is -2.13. The molecule has 0 aromatic heterocycles. The highest BCUT2D eigenvalue weighted by atomic mass is 16.6. The van der Waals surface area contributed by atoms with E-state index in [0.29, 0.717) is 5.69 Å². The topological polar surface area (TPSA) is 88.2 Å². The van der Waals surface area contributed by atoms with Gasteiger partial charge in [0.1, 0.15) is 6.07 Å². The monoisotopic (exact) mass is 275 g/mol. The summed E-state index contributed by atoms with van der Waals surface area (Å²) in [6.45, 7) is 2.82. The van der Waals surface area contributed by atoms with E-state index < -0.39 is 4.92 Å². The van der Waals surface area contributed by atoms with Gasteiger partial charge in [0.15, 0.2) is 0 Å². The van der Waals surface area contributed by atoms with Crippen LogP contribution in [0.15, 0.2) is 18.2 Å². The highest BCUT2D eigenvalue weighted by Gasteiger charge is 2.25. The molecule has 2 atom stereocenters. The lowest BCUT2D eigenvalue weighted by Gasteiger charge is -2.24. The Morgan fingerprint density at radius 3 is 3.00 bits per heavy atom. The van der Waals surface area contributed by atoms with Crippen LogP contribution in [0.3, 0.4) is 0 Å². The number of nitro groups is 1. The molecule has 2 unspecified atom stereocenters. The summed E-state index contributed by atoms with van der Waals surface area (Å²) in [5, 5.41) is 23.1. The Kier molecular flexibility index (Phi) is 4.53. The van der Waals surface area contributed by atoms with Crippen LogP contribution in [0.1, 0.15) is 31.7 Å². The van der Waals surface area contributed by atoms with E-state index >= 15 is 0 Å². The van der Waals surface area contributed by atoms with Crippen LogP contribution in [0.2, 0.25) is 0 Å². The minimum Gasteiger partial charge on any atom is -0.379 e. The molecule has 0 bridgehead atoms. The molecule has 20 heavy (non-hydrogen) atoms. The van der Waals surface area contributed by atoms with Crippen LogP contribution >= 0.6 is 0 Å². The van der Waals surface area contributed by atoms with Crippen LogP contribution < -0.4 is 5.32 Å². The summed E-state index contributed by atoms with van der Waals surface area (Å²) in [6, 6.07) is 6.42. The van der Waals surface area contributed by atoms with Gasteiger partial charge in [-0.15, -0.1) is 0 Å². The maximum Gasteiger partial charge on any atom is 0.270 e. The van der Waals surface area contributed by atoms with Gasteiger partial charge in [-0.05, 0) is 25.3 Å². The maximum atomic E-state index is 10.7. The Morgan fingerprint density at radius 2 is 2.45 bits per heavy atom. The molecule has 1 aliphatic heterocycles. The van der Waals surface area contributed by atoms with E-state index in [1.54, 1.807) is 6.07 Å². The molecular formula is C14H17N3O3. The summed E-state index contributed by atoms with van der Waals surface area (Å²) in [7, 11) is 0. The molecule has 1 heterocycles. The zero-order valence-electron chi connectivity index (χ0n) is 11.3. The lowest BCUT2D eigenvalue weighted by molar-refractivity contribution is -0.384. The maximum absolute atomic E-state index is 10.7. The van der Waals surface area contributed by atoms with Crippen LogP contribution in [0.5, 0.6) is 0 Å². The minimum absolute atomic E-state index is 0.0720. The summed E-state index contributed by atoms with van der Waals surface area (Å²) >= 11 is 0. The van der Waals surface area contributed by atoms with Crippen molar-refractivity contribution in [3.8, 4) is 6.07 Å². The molecule has 1 aliphatic rings. The van der Waals surface area contributed by atoms with Crippen molar-refractivity contribution in [1.29, 1.82) is 5.26 Å². The first-order valence-electron chi connectivity index (χ1n) is 6.72. The quantitative estimate of drug-likeness (QED) is 0.659. The summed E-state index contributed by atoms with van der Waals surface area (Å²) in [6.07, 6.45) is 3.06. The van der Waals surface area contributed by atoms with Crippen LogP contribution in [0.25, 0.3) is 0 Å². The van der Waals surface area contributed by atoms with Gasteiger partial charge >= 0.3 is 0 Å². The normalized spacial score (nSPS) is 19.3. The zero-order chi connectivity index (χ0) is 14.5. The molecule has 1 fully saturated rings. The molecule has 1 aromatic rings. The molecule has 1 saturated heterocycles. The second-order valence-corrected chi connectivity index (χ2v) is 4.81. The van der Waals surface area contributed by atoms with Gasteiger partial charge in [-0.3, -0.25) is 10.1 Å². The third-order valence-electron chi connectivity index (χ3n) is 3.53. The fourth-order valence-corrected chi connectivity index (χ4v) is 2.44. The highest BCUT2D eigenvalue weighted by molar-refractivity contribution is 5.61. The number of benzene rings is 1. The number of hydrogen-bond donors (Lipinski definition) is 1. The van der Waals surface area contributed by atoms with Gasteiger partial charge in [-0.1, -0.05) is 6.92 Å². The van der Waals surface area contributed by atoms with Crippen molar-refractivity contribution in [2.45, 2.75) is 38.3 Å². The lowest BCUT2D eigenvalue weighted by atomic mass is 10.0. The minimum atomic E-state index is -0.498. The van der Waals surface area contributed by atoms with Crippen LogP contribution in [-0.2, 0) is 4.74 Å². The first-order valence-corrected chi connectivity index (χ1v) is 6.72. The summed E-state index contributed by atoms with van der Waals surface area (Å²) in [4.78, 5) is 10.2. The molecule has 2 rings (SSSR count). The van der Waals surface area contributed by atoms with E-state index in [9.17, 15) is 10.1 Å². The van der Waals surface area contributed by atoms with Crippen molar-refractivity contribution < 1.29 is 9.66 Å². The molecule has 0 spiro atoms. The Labute approximate surface area is 117 Å². The smallest absolute Gasteiger partial charge is 0.270 e. The van der Waals surface area contributed by atoms with Crippen LogP contribution in [0.4, 0.5) is 11.4 Å². The fraction of sp³-hybridized carbons (Fsp3) is 0.500. The molecular weight excluding hydrogens is 258 g/mol. The van der Waals surface area contributed by atoms with Crippen LogP contribution in [-0.4, -0.2) is 23.7 Å². The summed E-state index contributed by atoms with van der Waals surface area (Å²) in [5.41, 5.74) is 0.841. The van der Waals surface area contributed by atoms with Crippen molar-refractivity contribution in [3.63, 3.8) is 0 Å². The molecule has 6 nitrogen and oxygen atoms in total. The third kappa shape index (κ3) is 3.06. The number of nitriles is 1. The van der Waals surface area contributed by atoms with Gasteiger partial charge in [0.05, 0.1) is 28.3 Å². The second kappa shape index (κ2) is 6.35. The van der Waals surface area contributed by atoms with Crippen molar-refractivity contribution in [2.24, 2.45) is 0 Å². The van der Waals surface area contributed by atoms with E-state index in [2.05, 4.69) is 12.2 Å². The van der Waals surface area contributed by atoms with Gasteiger partial charge in [-0.25, -0.2) is 0 Å². The number of hydrogen-bond acceptors (Lipinski definition) is 5. The molecule has 0 amide bonds. The second-order valence-electron chi connectivity index (χ2n) is 4.81. The van der Waals surface area contributed by atoms with E-state index in [1.165, 1.54) is 12.1 Å². The number of nitrogens with one attached hydrogen (secondary N) is 1. The van der Waals surface area contributed by atoms with Gasteiger partial charge in [0, 0.05) is 18.7 Å². The number of nitrogens with zero attached hydrogens (tertiary/aromatic N) is 2. The zero-order valence-corrected chi connectivity index (χ0v) is 11.3. The Morgan fingerprint density at radius 1 is 1.65 bits per heavy atom. The third-order valence-corrected chi connectivity index (χ3v) is 3.53. The van der Waals surface area contributed by atoms with Crippen molar-refractivity contribution >= 4 is 11.4 Å². The molecule has 0 aliphatic carbocycles. The SMILES string of the molecule is CCC(Nc1ccc([N+](=O)[O-])cc1C#N)C1CCCO1. The van der Waals surface area contributed by atoms with E-state index in [1.807, 2.05) is 6.07 Å². The summed E-state index contributed by atoms with van der Waals surface area (Å²) < 4.78 is 5.66. The largest absolute Gasteiger partial charge is 0.379 e. The lowest BCUT2D eigenvalue weighted by Crippen LogP contribution is -2.32. The van der Waals surface area contributed by atoms with Gasteiger partial charge in [0.2, 0.25) is 0 Å². The number of nitro benzene ring substituents is 1. The van der Waals surface area contributed by atoms with Crippen molar-refractivity contribution in [1.82, 2.24) is 0 Å². The molecule has 6 heteroatoms. The average Bonchev–Trinajstić information content (AvgIpc) is 2.98. The molecule has 1 aromatic carbocycles. The van der Waals surface area contributed by atoms with E-state index in [-0.39, 0.29) is 23.4 Å². The molecule has 1 N–H and O–H groups in total. The average molecular weight is 275 g/mol. The first kappa shape index (κ1) is 14.3. The number of non-ortho nitro benzene ring substituents is 1.